The van der Waals surface area contributed by atoms with Gasteiger partial charge in [0.15, 0.2) is 17.3 Å². The third kappa shape index (κ3) is 3.82. The highest BCUT2D eigenvalue weighted by Gasteiger charge is 2.43. The van der Waals surface area contributed by atoms with Gasteiger partial charge in [0, 0.05) is 18.4 Å². The lowest BCUT2D eigenvalue weighted by molar-refractivity contribution is -0.139. The number of phenolic OH excluding ortho intramolecular Hbond substituents is 1. The lowest BCUT2D eigenvalue weighted by Crippen LogP contribution is -2.33. The van der Waals surface area contributed by atoms with Gasteiger partial charge in [-0.15, -0.1) is 0 Å². The summed E-state index contributed by atoms with van der Waals surface area (Å²) in [7, 11) is 1.43. The highest BCUT2D eigenvalue weighted by molar-refractivity contribution is 6.03. The molecule has 0 saturated heterocycles. The molecule has 0 amide bonds. The van der Waals surface area contributed by atoms with E-state index >= 15 is 0 Å². The van der Waals surface area contributed by atoms with Gasteiger partial charge in [-0.1, -0.05) is 36.4 Å². The highest BCUT2D eigenvalue weighted by Crippen LogP contribution is 2.48. The predicted molar refractivity (Wildman–Crippen MR) is 117 cm³/mol. The van der Waals surface area contributed by atoms with E-state index in [-0.39, 0.29) is 47.7 Å². The Morgan fingerprint density at radius 1 is 1.16 bits per heavy atom. The summed E-state index contributed by atoms with van der Waals surface area (Å²) in [6.07, 6.45) is 0.765. The standard InChI is InChI=1S/C25H25NO6/c1-3-31-25(29)23-21(15-9-10-17(27)19(12-15)30-2)22-18(28)11-16(13-20(22)32-24(23)26)14-7-5-4-6-8-14/h4-10,12,16,21,27H,3,11,13,26H2,1-2H3. The topological polar surface area (TPSA) is 108 Å². The minimum atomic E-state index is -0.781. The van der Waals surface area contributed by atoms with Crippen molar-refractivity contribution >= 4 is 11.8 Å². The maximum atomic E-state index is 13.4. The van der Waals surface area contributed by atoms with Crippen LogP contribution in [0, 0.1) is 0 Å². The summed E-state index contributed by atoms with van der Waals surface area (Å²) < 4.78 is 16.3. The van der Waals surface area contributed by atoms with Crippen molar-refractivity contribution in [3.63, 3.8) is 0 Å². The summed E-state index contributed by atoms with van der Waals surface area (Å²) in [6, 6.07) is 14.5. The van der Waals surface area contributed by atoms with Gasteiger partial charge in [-0.3, -0.25) is 4.79 Å². The third-order valence-electron chi connectivity index (χ3n) is 5.84. The number of allylic oxidation sites excluding steroid dienone is 2. The molecule has 0 fully saturated rings. The second-order valence-electron chi connectivity index (χ2n) is 7.74. The van der Waals surface area contributed by atoms with Gasteiger partial charge in [0.05, 0.1) is 19.6 Å². The van der Waals surface area contributed by atoms with Crippen molar-refractivity contribution in [2.24, 2.45) is 5.73 Å². The van der Waals surface area contributed by atoms with Crippen molar-refractivity contribution in [1.82, 2.24) is 0 Å². The first-order valence-corrected chi connectivity index (χ1v) is 10.5. The maximum Gasteiger partial charge on any atom is 0.340 e. The maximum absolute atomic E-state index is 13.4. The average molecular weight is 435 g/mol. The Morgan fingerprint density at radius 2 is 1.91 bits per heavy atom. The number of nitrogens with two attached hydrogens (primary N) is 1. The average Bonchev–Trinajstić information content (AvgIpc) is 2.79. The third-order valence-corrected chi connectivity index (χ3v) is 5.84. The molecule has 4 rings (SSSR count). The Labute approximate surface area is 186 Å². The van der Waals surface area contributed by atoms with Crippen LogP contribution in [0.3, 0.4) is 0 Å². The Bertz CT molecular complexity index is 1120. The zero-order chi connectivity index (χ0) is 22.8. The molecule has 0 saturated carbocycles. The summed E-state index contributed by atoms with van der Waals surface area (Å²) >= 11 is 0. The van der Waals surface area contributed by atoms with E-state index in [1.165, 1.54) is 13.2 Å². The van der Waals surface area contributed by atoms with Gasteiger partial charge in [-0.2, -0.15) is 0 Å². The number of phenols is 1. The fourth-order valence-corrected chi connectivity index (χ4v) is 4.38. The van der Waals surface area contributed by atoms with Gasteiger partial charge in [-0.25, -0.2) is 4.79 Å². The van der Waals surface area contributed by atoms with Gasteiger partial charge in [0.2, 0.25) is 5.88 Å². The van der Waals surface area contributed by atoms with Crippen molar-refractivity contribution in [2.75, 3.05) is 13.7 Å². The molecule has 2 unspecified atom stereocenters. The second-order valence-corrected chi connectivity index (χ2v) is 7.74. The summed E-state index contributed by atoms with van der Waals surface area (Å²) in [6.45, 7) is 1.84. The van der Waals surface area contributed by atoms with Gasteiger partial charge in [-0.05, 0) is 36.1 Å². The molecular formula is C25H25NO6. The van der Waals surface area contributed by atoms with Crippen LogP contribution in [0.15, 0.2) is 71.3 Å². The lowest BCUT2D eigenvalue weighted by atomic mass is 9.73. The molecule has 2 atom stereocenters. The van der Waals surface area contributed by atoms with Crippen LogP contribution in [0.4, 0.5) is 0 Å². The van der Waals surface area contributed by atoms with Gasteiger partial charge in [0.1, 0.15) is 11.3 Å². The van der Waals surface area contributed by atoms with E-state index in [1.807, 2.05) is 30.3 Å². The molecular weight excluding hydrogens is 410 g/mol. The van der Waals surface area contributed by atoms with Crippen LogP contribution in [-0.2, 0) is 19.1 Å². The van der Waals surface area contributed by atoms with Crippen molar-refractivity contribution in [2.45, 2.75) is 31.6 Å². The minimum Gasteiger partial charge on any atom is -0.504 e. The summed E-state index contributed by atoms with van der Waals surface area (Å²) in [4.78, 5) is 26.2. The smallest absolute Gasteiger partial charge is 0.340 e. The first-order chi connectivity index (χ1) is 15.4. The Hall–Kier alpha value is -3.74. The number of hydrogen-bond donors (Lipinski definition) is 2. The van der Waals surface area contributed by atoms with Crippen LogP contribution in [0.1, 0.15) is 42.7 Å². The van der Waals surface area contributed by atoms with Crippen LogP contribution in [0.5, 0.6) is 11.5 Å². The number of benzene rings is 2. The first-order valence-electron chi connectivity index (χ1n) is 10.5. The van der Waals surface area contributed by atoms with E-state index in [0.29, 0.717) is 23.3 Å². The van der Waals surface area contributed by atoms with Crippen molar-refractivity contribution < 1.29 is 28.9 Å². The normalized spacial score (nSPS) is 20.5. The lowest BCUT2D eigenvalue weighted by Gasteiger charge is -2.35. The molecule has 1 aliphatic heterocycles. The van der Waals surface area contributed by atoms with Crippen LogP contribution in [-0.4, -0.2) is 30.6 Å². The molecule has 1 heterocycles. The quantitative estimate of drug-likeness (QED) is 0.690. The number of hydrogen-bond acceptors (Lipinski definition) is 7. The molecule has 0 bridgehead atoms. The van der Waals surface area contributed by atoms with Crippen LogP contribution < -0.4 is 10.5 Å². The molecule has 166 valence electrons. The number of ketones is 1. The molecule has 1 aliphatic carbocycles. The van der Waals surface area contributed by atoms with E-state index in [9.17, 15) is 14.7 Å². The highest BCUT2D eigenvalue weighted by atomic mass is 16.5. The molecule has 7 heteroatoms. The molecule has 7 nitrogen and oxygen atoms in total. The molecule has 0 spiro atoms. The molecule has 0 aromatic heterocycles. The number of methoxy groups -OCH3 is 1. The molecule has 2 aromatic carbocycles. The largest absolute Gasteiger partial charge is 0.504 e. The van der Waals surface area contributed by atoms with Gasteiger partial charge in [0.25, 0.3) is 0 Å². The number of rotatable bonds is 5. The van der Waals surface area contributed by atoms with Crippen molar-refractivity contribution in [3.05, 3.63) is 82.4 Å². The van der Waals surface area contributed by atoms with E-state index < -0.39 is 11.9 Å². The zero-order valence-electron chi connectivity index (χ0n) is 18.0. The first kappa shape index (κ1) is 21.5. The number of aromatic hydroxyl groups is 1. The number of carbonyl (C=O) groups excluding carboxylic acids is 2. The number of carbonyl (C=O) groups is 2. The molecule has 3 N–H and O–H groups in total. The van der Waals surface area contributed by atoms with E-state index in [4.69, 9.17) is 19.9 Å². The van der Waals surface area contributed by atoms with Crippen LogP contribution in [0.2, 0.25) is 0 Å². The van der Waals surface area contributed by atoms with Crippen LogP contribution >= 0.6 is 0 Å². The van der Waals surface area contributed by atoms with Crippen molar-refractivity contribution in [1.29, 1.82) is 0 Å². The number of ether oxygens (including phenoxy) is 3. The zero-order valence-corrected chi connectivity index (χ0v) is 18.0. The fraction of sp³-hybridized carbons (Fsp3) is 0.280. The van der Waals surface area contributed by atoms with E-state index in [1.54, 1.807) is 19.1 Å². The summed E-state index contributed by atoms with van der Waals surface area (Å²) in [5, 5.41) is 10.0. The minimum absolute atomic E-state index is 0.0469. The molecule has 0 radical (unpaired) electrons. The SMILES string of the molecule is CCOC(=O)C1=C(N)OC2=C(C(=O)CC(c3ccccc3)C2)C1c1ccc(O)c(OC)c1. The molecule has 2 aliphatic rings. The monoisotopic (exact) mass is 435 g/mol. The fourth-order valence-electron chi connectivity index (χ4n) is 4.38. The Kier molecular flexibility index (Phi) is 5.90. The van der Waals surface area contributed by atoms with Crippen LogP contribution in [0.25, 0.3) is 0 Å². The molecule has 2 aromatic rings. The Morgan fingerprint density at radius 3 is 2.59 bits per heavy atom. The van der Waals surface area contributed by atoms with Gasteiger partial charge >= 0.3 is 5.97 Å². The number of esters is 1. The Balaban J connectivity index is 1.83. The van der Waals surface area contributed by atoms with E-state index in [0.717, 1.165) is 5.56 Å². The predicted octanol–water partition coefficient (Wildman–Crippen LogP) is 3.65. The van der Waals surface area contributed by atoms with Crippen molar-refractivity contribution in [3.8, 4) is 11.5 Å². The number of Topliss-reactive ketones (excluding diaryl/α,β-unsaturated/α-hetero) is 1. The molecule has 32 heavy (non-hydrogen) atoms. The summed E-state index contributed by atoms with van der Waals surface area (Å²) in [5.41, 5.74) is 8.29. The second kappa shape index (κ2) is 8.78. The van der Waals surface area contributed by atoms with E-state index in [2.05, 4.69) is 0 Å². The van der Waals surface area contributed by atoms with Gasteiger partial charge < -0.3 is 25.1 Å². The summed E-state index contributed by atoms with van der Waals surface area (Å²) in [5.74, 6) is -1.04.